The molecule has 2 aromatic carbocycles. The van der Waals surface area contributed by atoms with Crippen LogP contribution < -0.4 is 10.6 Å². The Morgan fingerprint density at radius 3 is 2.27 bits per heavy atom. The van der Waals surface area contributed by atoms with Gasteiger partial charge in [-0.25, -0.2) is 9.97 Å². The third kappa shape index (κ3) is 4.12. The number of aromatic nitrogens is 2. The van der Waals surface area contributed by atoms with Crippen LogP contribution in [0.5, 0.6) is 0 Å². The fourth-order valence-corrected chi connectivity index (χ4v) is 2.88. The standard InChI is InChI=1S/C19H16Cl2N4O/c1-11-6-7-16(12(2)8-11)24-18(26)13-9-22-19(23-10-13)25-17-14(20)4-3-5-15(17)21/h3-10H,1-2H3,(H,24,26)(H,22,23,25). The first-order valence-corrected chi connectivity index (χ1v) is 8.61. The van der Waals surface area contributed by atoms with E-state index >= 15 is 0 Å². The normalized spacial score (nSPS) is 10.5. The van der Waals surface area contributed by atoms with Gasteiger partial charge in [0.1, 0.15) is 0 Å². The Labute approximate surface area is 161 Å². The maximum absolute atomic E-state index is 12.4. The molecule has 2 N–H and O–H groups in total. The van der Waals surface area contributed by atoms with E-state index in [9.17, 15) is 4.79 Å². The molecule has 0 atom stereocenters. The maximum Gasteiger partial charge on any atom is 0.258 e. The average Bonchev–Trinajstić information content (AvgIpc) is 2.61. The minimum absolute atomic E-state index is 0.278. The number of halogens is 2. The number of anilines is 3. The van der Waals surface area contributed by atoms with Crippen LogP contribution in [0.4, 0.5) is 17.3 Å². The summed E-state index contributed by atoms with van der Waals surface area (Å²) in [4.78, 5) is 20.7. The Morgan fingerprint density at radius 2 is 1.65 bits per heavy atom. The number of hydrogen-bond donors (Lipinski definition) is 2. The summed E-state index contributed by atoms with van der Waals surface area (Å²) in [5.41, 5.74) is 3.75. The number of aryl methyl sites for hydroxylation is 2. The topological polar surface area (TPSA) is 66.9 Å². The molecule has 0 saturated heterocycles. The van der Waals surface area contributed by atoms with Gasteiger partial charge in [-0.3, -0.25) is 4.79 Å². The van der Waals surface area contributed by atoms with Crippen LogP contribution in [0.2, 0.25) is 10.0 Å². The van der Waals surface area contributed by atoms with Crippen molar-refractivity contribution in [1.29, 1.82) is 0 Å². The van der Waals surface area contributed by atoms with E-state index in [2.05, 4.69) is 20.6 Å². The van der Waals surface area contributed by atoms with Crippen molar-refractivity contribution in [2.45, 2.75) is 13.8 Å². The highest BCUT2D eigenvalue weighted by Gasteiger charge is 2.11. The number of rotatable bonds is 4. The summed E-state index contributed by atoms with van der Waals surface area (Å²) in [5.74, 6) is 0.0161. The van der Waals surface area contributed by atoms with Crippen LogP contribution in [0.1, 0.15) is 21.5 Å². The molecule has 0 radical (unpaired) electrons. The minimum Gasteiger partial charge on any atom is -0.322 e. The molecule has 1 heterocycles. The SMILES string of the molecule is Cc1ccc(NC(=O)c2cnc(Nc3c(Cl)cccc3Cl)nc2)c(C)c1. The molecule has 0 bridgehead atoms. The van der Waals surface area contributed by atoms with E-state index in [1.807, 2.05) is 32.0 Å². The molecule has 1 amide bonds. The van der Waals surface area contributed by atoms with Gasteiger partial charge in [0.25, 0.3) is 5.91 Å². The van der Waals surface area contributed by atoms with Crippen LogP contribution in [0, 0.1) is 13.8 Å². The second kappa shape index (κ2) is 7.72. The molecule has 3 rings (SSSR count). The van der Waals surface area contributed by atoms with Crippen LogP contribution in [0.3, 0.4) is 0 Å². The van der Waals surface area contributed by atoms with E-state index in [-0.39, 0.29) is 5.91 Å². The van der Waals surface area contributed by atoms with E-state index in [1.165, 1.54) is 12.4 Å². The summed E-state index contributed by atoms with van der Waals surface area (Å²) in [6, 6.07) is 11.0. The third-order valence-electron chi connectivity index (χ3n) is 3.74. The molecule has 26 heavy (non-hydrogen) atoms. The molecule has 3 aromatic rings. The number of benzene rings is 2. The average molecular weight is 387 g/mol. The molecular weight excluding hydrogens is 371 g/mol. The van der Waals surface area contributed by atoms with Crippen molar-refractivity contribution < 1.29 is 4.79 Å². The fourth-order valence-electron chi connectivity index (χ4n) is 2.39. The summed E-state index contributed by atoms with van der Waals surface area (Å²) < 4.78 is 0. The van der Waals surface area contributed by atoms with Gasteiger partial charge >= 0.3 is 0 Å². The Kier molecular flexibility index (Phi) is 5.40. The van der Waals surface area contributed by atoms with Crippen LogP contribution in [0.25, 0.3) is 0 Å². The van der Waals surface area contributed by atoms with E-state index in [4.69, 9.17) is 23.2 Å². The Bertz CT molecular complexity index is 938. The van der Waals surface area contributed by atoms with Gasteiger partial charge in [0.15, 0.2) is 0 Å². The molecule has 0 aliphatic heterocycles. The highest BCUT2D eigenvalue weighted by atomic mass is 35.5. The first-order valence-electron chi connectivity index (χ1n) is 7.86. The number of carbonyl (C=O) groups excluding carboxylic acids is 1. The molecule has 132 valence electrons. The Morgan fingerprint density at radius 1 is 1.00 bits per heavy atom. The number of nitrogens with one attached hydrogen (secondary N) is 2. The molecule has 0 saturated carbocycles. The minimum atomic E-state index is -0.278. The number of carbonyl (C=O) groups is 1. The zero-order valence-corrected chi connectivity index (χ0v) is 15.7. The van der Waals surface area contributed by atoms with Crippen molar-refractivity contribution in [3.63, 3.8) is 0 Å². The number of amides is 1. The number of hydrogen-bond acceptors (Lipinski definition) is 4. The highest BCUT2D eigenvalue weighted by Crippen LogP contribution is 2.31. The predicted molar refractivity (Wildman–Crippen MR) is 106 cm³/mol. The van der Waals surface area contributed by atoms with Crippen LogP contribution in [-0.4, -0.2) is 15.9 Å². The van der Waals surface area contributed by atoms with Crippen LogP contribution in [-0.2, 0) is 0 Å². The predicted octanol–water partition coefficient (Wildman–Crippen LogP) is 5.40. The molecule has 0 spiro atoms. The van der Waals surface area contributed by atoms with E-state index < -0.39 is 0 Å². The molecule has 5 nitrogen and oxygen atoms in total. The Balaban J connectivity index is 1.74. The van der Waals surface area contributed by atoms with Gasteiger partial charge in [-0.05, 0) is 37.6 Å². The van der Waals surface area contributed by atoms with Crippen molar-refractivity contribution in [3.05, 3.63) is 75.5 Å². The summed E-state index contributed by atoms with van der Waals surface area (Å²) in [6.07, 6.45) is 2.89. The molecule has 0 aliphatic rings. The van der Waals surface area contributed by atoms with E-state index in [0.29, 0.717) is 27.2 Å². The van der Waals surface area contributed by atoms with Gasteiger partial charge in [0.2, 0.25) is 5.95 Å². The summed E-state index contributed by atoms with van der Waals surface area (Å²) in [6.45, 7) is 3.95. The smallest absolute Gasteiger partial charge is 0.258 e. The maximum atomic E-state index is 12.4. The molecule has 7 heteroatoms. The van der Waals surface area contributed by atoms with Crippen molar-refractivity contribution in [2.24, 2.45) is 0 Å². The zero-order valence-electron chi connectivity index (χ0n) is 14.2. The summed E-state index contributed by atoms with van der Waals surface area (Å²) in [5, 5.41) is 6.73. The number of para-hydroxylation sites is 1. The van der Waals surface area contributed by atoms with E-state index in [0.717, 1.165) is 16.8 Å². The van der Waals surface area contributed by atoms with Crippen LogP contribution in [0.15, 0.2) is 48.8 Å². The van der Waals surface area contributed by atoms with E-state index in [1.54, 1.807) is 18.2 Å². The van der Waals surface area contributed by atoms with Crippen molar-refractivity contribution >= 4 is 46.4 Å². The molecular formula is C19H16Cl2N4O. The first-order chi connectivity index (χ1) is 12.4. The summed E-state index contributed by atoms with van der Waals surface area (Å²) >= 11 is 12.2. The zero-order chi connectivity index (χ0) is 18.7. The molecule has 1 aromatic heterocycles. The lowest BCUT2D eigenvalue weighted by Crippen LogP contribution is -2.14. The van der Waals surface area contributed by atoms with Crippen molar-refractivity contribution in [1.82, 2.24) is 9.97 Å². The van der Waals surface area contributed by atoms with Crippen molar-refractivity contribution in [2.75, 3.05) is 10.6 Å². The second-order valence-electron chi connectivity index (χ2n) is 5.79. The first kappa shape index (κ1) is 18.2. The van der Waals surface area contributed by atoms with Gasteiger partial charge < -0.3 is 10.6 Å². The van der Waals surface area contributed by atoms with Gasteiger partial charge in [0, 0.05) is 18.1 Å². The third-order valence-corrected chi connectivity index (χ3v) is 4.37. The van der Waals surface area contributed by atoms with Gasteiger partial charge in [0.05, 0.1) is 21.3 Å². The molecule has 0 unspecified atom stereocenters. The van der Waals surface area contributed by atoms with Gasteiger partial charge in [-0.2, -0.15) is 0 Å². The van der Waals surface area contributed by atoms with Crippen LogP contribution >= 0.6 is 23.2 Å². The Hall–Kier alpha value is -2.63. The van der Waals surface area contributed by atoms with Crippen molar-refractivity contribution in [3.8, 4) is 0 Å². The lowest BCUT2D eigenvalue weighted by Gasteiger charge is -2.10. The quantitative estimate of drug-likeness (QED) is 0.629. The molecule has 0 fully saturated rings. The largest absolute Gasteiger partial charge is 0.322 e. The lowest BCUT2D eigenvalue weighted by atomic mass is 10.1. The highest BCUT2D eigenvalue weighted by molar-refractivity contribution is 6.39. The monoisotopic (exact) mass is 386 g/mol. The van der Waals surface area contributed by atoms with Gasteiger partial charge in [-0.15, -0.1) is 0 Å². The number of nitrogens with zero attached hydrogens (tertiary/aromatic N) is 2. The fraction of sp³-hybridized carbons (Fsp3) is 0.105. The molecule has 0 aliphatic carbocycles. The van der Waals surface area contributed by atoms with Gasteiger partial charge in [-0.1, -0.05) is 47.0 Å². The lowest BCUT2D eigenvalue weighted by molar-refractivity contribution is 0.102. The second-order valence-corrected chi connectivity index (χ2v) is 6.60. The summed E-state index contributed by atoms with van der Waals surface area (Å²) in [7, 11) is 0.